The molecule has 1 heterocycles. The molecule has 28 heavy (non-hydrogen) atoms. The summed E-state index contributed by atoms with van der Waals surface area (Å²) < 4.78 is 5.75. The van der Waals surface area contributed by atoms with Gasteiger partial charge in [-0.2, -0.15) is 5.26 Å². The number of nitrogens with zero attached hydrogens (tertiary/aromatic N) is 1. The van der Waals surface area contributed by atoms with Crippen LogP contribution in [0, 0.1) is 32.1 Å². The van der Waals surface area contributed by atoms with E-state index in [2.05, 4.69) is 5.32 Å². The third-order valence-electron chi connectivity index (χ3n) is 4.32. The summed E-state index contributed by atoms with van der Waals surface area (Å²) in [6.45, 7) is 5.86. The smallest absolute Gasteiger partial charge is 0.266 e. The van der Waals surface area contributed by atoms with Gasteiger partial charge in [0.15, 0.2) is 0 Å². The highest BCUT2D eigenvalue weighted by molar-refractivity contribution is 6.30. The number of rotatable bonds is 4. The largest absolute Gasteiger partial charge is 0.457 e. The van der Waals surface area contributed by atoms with Crippen molar-refractivity contribution in [1.29, 1.82) is 5.26 Å². The van der Waals surface area contributed by atoms with Crippen LogP contribution in [0.15, 0.2) is 58.5 Å². The second-order valence-electron chi connectivity index (χ2n) is 6.61. The van der Waals surface area contributed by atoms with Crippen LogP contribution in [0.2, 0.25) is 5.02 Å². The van der Waals surface area contributed by atoms with Gasteiger partial charge in [-0.25, -0.2) is 0 Å². The lowest BCUT2D eigenvalue weighted by molar-refractivity contribution is -0.112. The van der Waals surface area contributed by atoms with E-state index in [1.54, 1.807) is 24.3 Å². The van der Waals surface area contributed by atoms with Crippen LogP contribution in [0.1, 0.15) is 22.5 Å². The molecule has 0 aliphatic carbocycles. The number of nitrogens with one attached hydrogen (secondary N) is 1. The molecule has 0 spiro atoms. The molecule has 1 aromatic heterocycles. The van der Waals surface area contributed by atoms with Crippen molar-refractivity contribution in [3.8, 4) is 17.4 Å². The SMILES string of the molecule is Cc1cc(C)c(NC(=O)/C(C#N)=C\c2ccc(-c3ccc(Cl)cc3)o2)c(C)c1. The van der Waals surface area contributed by atoms with Crippen molar-refractivity contribution in [3.63, 3.8) is 0 Å². The average Bonchev–Trinajstić information content (AvgIpc) is 3.11. The Kier molecular flexibility index (Phi) is 5.67. The first-order valence-corrected chi connectivity index (χ1v) is 9.12. The van der Waals surface area contributed by atoms with Crippen LogP contribution in [0.25, 0.3) is 17.4 Å². The average molecular weight is 391 g/mol. The van der Waals surface area contributed by atoms with Crippen LogP contribution in [0.5, 0.6) is 0 Å². The summed E-state index contributed by atoms with van der Waals surface area (Å²) >= 11 is 5.90. The second-order valence-corrected chi connectivity index (χ2v) is 7.04. The van der Waals surface area contributed by atoms with Gasteiger partial charge in [0.05, 0.1) is 0 Å². The molecule has 0 atom stereocenters. The maximum absolute atomic E-state index is 12.6. The number of amides is 1. The van der Waals surface area contributed by atoms with Crippen molar-refractivity contribution in [3.05, 3.63) is 81.6 Å². The van der Waals surface area contributed by atoms with Crippen LogP contribution >= 0.6 is 11.6 Å². The zero-order chi connectivity index (χ0) is 20.3. The number of benzene rings is 2. The number of hydrogen-bond acceptors (Lipinski definition) is 3. The Labute approximate surface area is 169 Å². The van der Waals surface area contributed by atoms with Crippen LogP contribution < -0.4 is 5.32 Å². The Morgan fingerprint density at radius 2 is 1.71 bits per heavy atom. The Hall–Kier alpha value is -3.29. The van der Waals surface area contributed by atoms with Gasteiger partial charge < -0.3 is 9.73 Å². The number of carbonyl (C=O) groups is 1. The molecule has 1 amide bonds. The highest BCUT2D eigenvalue weighted by Crippen LogP contribution is 2.26. The summed E-state index contributed by atoms with van der Waals surface area (Å²) in [6, 6.07) is 16.7. The summed E-state index contributed by atoms with van der Waals surface area (Å²) in [5.41, 5.74) is 4.57. The minimum absolute atomic E-state index is 0.0311. The van der Waals surface area contributed by atoms with Gasteiger partial charge in [0.25, 0.3) is 5.91 Å². The van der Waals surface area contributed by atoms with E-state index in [-0.39, 0.29) is 5.57 Å². The Bertz CT molecular complexity index is 1080. The molecule has 0 aliphatic rings. The molecule has 4 nitrogen and oxygen atoms in total. The summed E-state index contributed by atoms with van der Waals surface area (Å²) in [5.74, 6) is 0.585. The first kappa shape index (κ1) is 19.5. The fourth-order valence-electron chi connectivity index (χ4n) is 3.05. The van der Waals surface area contributed by atoms with Crippen molar-refractivity contribution >= 4 is 29.3 Å². The van der Waals surface area contributed by atoms with Gasteiger partial charge in [-0.05, 0) is 68.3 Å². The van der Waals surface area contributed by atoms with Gasteiger partial charge >= 0.3 is 0 Å². The highest BCUT2D eigenvalue weighted by atomic mass is 35.5. The van der Waals surface area contributed by atoms with Crippen LogP contribution in [0.3, 0.4) is 0 Å². The summed E-state index contributed by atoms with van der Waals surface area (Å²) in [6.07, 6.45) is 1.44. The van der Waals surface area contributed by atoms with Crippen molar-refractivity contribution in [2.75, 3.05) is 5.32 Å². The number of halogens is 1. The fourth-order valence-corrected chi connectivity index (χ4v) is 3.17. The summed E-state index contributed by atoms with van der Waals surface area (Å²) in [5, 5.41) is 12.9. The number of aryl methyl sites for hydroxylation is 3. The van der Waals surface area contributed by atoms with E-state index in [9.17, 15) is 10.1 Å². The first-order valence-electron chi connectivity index (χ1n) is 8.74. The number of carbonyl (C=O) groups excluding carboxylic acids is 1. The number of anilines is 1. The van der Waals surface area contributed by atoms with E-state index in [0.717, 1.165) is 27.9 Å². The fraction of sp³-hybridized carbons (Fsp3) is 0.130. The minimum Gasteiger partial charge on any atom is -0.457 e. The third kappa shape index (κ3) is 4.33. The van der Waals surface area contributed by atoms with Crippen molar-refractivity contribution < 1.29 is 9.21 Å². The van der Waals surface area contributed by atoms with Gasteiger partial charge in [0, 0.05) is 22.3 Å². The molecular formula is C23H19ClN2O2. The molecule has 0 radical (unpaired) electrons. The van der Waals surface area contributed by atoms with Gasteiger partial charge in [-0.3, -0.25) is 4.79 Å². The topological polar surface area (TPSA) is 66.0 Å². The standard InChI is InChI=1S/C23H19ClN2O2/c1-14-10-15(2)22(16(3)11-14)26-23(27)18(13-25)12-20-8-9-21(28-20)17-4-6-19(24)7-5-17/h4-12H,1-3H3,(H,26,27)/b18-12-. The molecule has 0 aliphatic heterocycles. The molecule has 0 fully saturated rings. The second kappa shape index (κ2) is 8.16. The number of nitriles is 1. The van der Waals surface area contributed by atoms with Crippen LogP contribution in [0.4, 0.5) is 5.69 Å². The monoisotopic (exact) mass is 390 g/mol. The lowest BCUT2D eigenvalue weighted by Crippen LogP contribution is -2.15. The third-order valence-corrected chi connectivity index (χ3v) is 4.57. The molecule has 0 saturated carbocycles. The van der Waals surface area contributed by atoms with Crippen molar-refractivity contribution in [2.24, 2.45) is 0 Å². The Morgan fingerprint density at radius 1 is 1.07 bits per heavy atom. The van der Waals surface area contributed by atoms with Gasteiger partial charge in [0.2, 0.25) is 0 Å². The van der Waals surface area contributed by atoms with Crippen molar-refractivity contribution in [1.82, 2.24) is 0 Å². The molecule has 0 saturated heterocycles. The zero-order valence-electron chi connectivity index (χ0n) is 15.8. The molecule has 1 N–H and O–H groups in total. The van der Waals surface area contributed by atoms with Crippen LogP contribution in [-0.4, -0.2) is 5.91 Å². The van der Waals surface area contributed by atoms with Gasteiger partial charge in [0.1, 0.15) is 23.2 Å². The predicted octanol–water partition coefficient (Wildman–Crippen LogP) is 6.07. The first-order chi connectivity index (χ1) is 13.4. The number of furan rings is 1. The van der Waals surface area contributed by atoms with E-state index in [0.29, 0.717) is 16.5 Å². The number of hydrogen-bond donors (Lipinski definition) is 1. The molecule has 0 bridgehead atoms. The van der Waals surface area contributed by atoms with Gasteiger partial charge in [-0.1, -0.05) is 29.3 Å². The molecule has 5 heteroatoms. The van der Waals surface area contributed by atoms with E-state index in [4.69, 9.17) is 16.0 Å². The van der Waals surface area contributed by atoms with Crippen LogP contribution in [-0.2, 0) is 4.79 Å². The lowest BCUT2D eigenvalue weighted by Gasteiger charge is -2.12. The van der Waals surface area contributed by atoms with E-state index >= 15 is 0 Å². The molecule has 3 aromatic rings. The molecular weight excluding hydrogens is 372 g/mol. The van der Waals surface area contributed by atoms with Crippen molar-refractivity contribution in [2.45, 2.75) is 20.8 Å². The normalized spacial score (nSPS) is 11.2. The maximum Gasteiger partial charge on any atom is 0.266 e. The maximum atomic E-state index is 12.6. The molecule has 2 aromatic carbocycles. The van der Waals surface area contributed by atoms with Gasteiger partial charge in [-0.15, -0.1) is 0 Å². The summed E-state index contributed by atoms with van der Waals surface area (Å²) in [4.78, 5) is 12.6. The highest BCUT2D eigenvalue weighted by Gasteiger charge is 2.14. The molecule has 3 rings (SSSR count). The molecule has 140 valence electrons. The Morgan fingerprint density at radius 3 is 2.32 bits per heavy atom. The molecule has 0 unspecified atom stereocenters. The summed E-state index contributed by atoms with van der Waals surface area (Å²) in [7, 11) is 0. The van der Waals surface area contributed by atoms with E-state index < -0.39 is 5.91 Å². The van der Waals surface area contributed by atoms with E-state index in [1.807, 2.05) is 51.1 Å². The quantitative estimate of drug-likeness (QED) is 0.434. The predicted molar refractivity (Wildman–Crippen MR) is 112 cm³/mol. The minimum atomic E-state index is -0.470. The van der Waals surface area contributed by atoms with E-state index in [1.165, 1.54) is 6.08 Å². The lowest BCUT2D eigenvalue weighted by atomic mass is 10.0. The Balaban J connectivity index is 1.84. The zero-order valence-corrected chi connectivity index (χ0v) is 16.6.